The van der Waals surface area contributed by atoms with E-state index in [1.54, 1.807) is 12.1 Å². The number of carbonyl (C=O) groups excluding carboxylic acids is 1. The number of nitrogens with zero attached hydrogens (tertiary/aromatic N) is 1. The van der Waals surface area contributed by atoms with Gasteiger partial charge in [-0.2, -0.15) is 0 Å². The van der Waals surface area contributed by atoms with Crippen molar-refractivity contribution in [1.29, 1.82) is 0 Å². The summed E-state index contributed by atoms with van der Waals surface area (Å²) in [5.41, 5.74) is -0.115. The van der Waals surface area contributed by atoms with Crippen LogP contribution in [0.1, 0.15) is 26.7 Å². The zero-order chi connectivity index (χ0) is 13.2. The lowest BCUT2D eigenvalue weighted by atomic mass is 10.0. The van der Waals surface area contributed by atoms with Crippen molar-refractivity contribution in [2.24, 2.45) is 0 Å². The summed E-state index contributed by atoms with van der Waals surface area (Å²) in [5.74, 6) is -0.394. The second-order valence-corrected chi connectivity index (χ2v) is 5.18. The van der Waals surface area contributed by atoms with E-state index in [4.69, 9.17) is 4.74 Å². The van der Waals surface area contributed by atoms with Crippen LogP contribution in [0.3, 0.4) is 0 Å². The maximum absolute atomic E-state index is 13.3. The summed E-state index contributed by atoms with van der Waals surface area (Å²) >= 11 is 0. The minimum atomic E-state index is -0.439. The number of likely N-dealkylation sites (tertiary alicyclic amines) is 1. The van der Waals surface area contributed by atoms with Crippen molar-refractivity contribution in [2.45, 2.75) is 32.2 Å². The van der Waals surface area contributed by atoms with Gasteiger partial charge >= 0.3 is 0 Å². The van der Waals surface area contributed by atoms with Crippen LogP contribution in [0, 0.1) is 5.82 Å². The van der Waals surface area contributed by atoms with Crippen molar-refractivity contribution in [3.8, 4) is 5.75 Å². The first kappa shape index (κ1) is 12.9. The van der Waals surface area contributed by atoms with Gasteiger partial charge in [0.15, 0.2) is 18.2 Å². The van der Waals surface area contributed by atoms with Gasteiger partial charge < -0.3 is 9.64 Å². The second kappa shape index (κ2) is 4.96. The number of benzene rings is 1. The molecule has 0 radical (unpaired) electrons. The Hall–Kier alpha value is -1.58. The summed E-state index contributed by atoms with van der Waals surface area (Å²) in [4.78, 5) is 13.8. The number of rotatable bonds is 3. The Morgan fingerprint density at radius 1 is 1.44 bits per heavy atom. The Kier molecular flexibility index (Phi) is 3.55. The molecular weight excluding hydrogens is 233 g/mol. The zero-order valence-electron chi connectivity index (χ0n) is 10.8. The third kappa shape index (κ3) is 2.63. The highest BCUT2D eigenvalue weighted by Gasteiger charge is 2.35. The topological polar surface area (TPSA) is 29.5 Å². The molecule has 0 spiro atoms. The fourth-order valence-electron chi connectivity index (χ4n) is 2.35. The van der Waals surface area contributed by atoms with Crippen molar-refractivity contribution >= 4 is 5.91 Å². The van der Waals surface area contributed by atoms with E-state index in [0.29, 0.717) is 0 Å². The van der Waals surface area contributed by atoms with Gasteiger partial charge in [-0.1, -0.05) is 12.1 Å². The number of carbonyl (C=O) groups is 1. The number of hydrogen-bond acceptors (Lipinski definition) is 2. The summed E-state index contributed by atoms with van der Waals surface area (Å²) in [7, 11) is 0. The molecule has 0 aromatic heterocycles. The van der Waals surface area contributed by atoms with Crippen molar-refractivity contribution in [2.75, 3.05) is 13.2 Å². The molecule has 4 heteroatoms. The molecule has 1 saturated heterocycles. The average molecular weight is 251 g/mol. The van der Waals surface area contributed by atoms with Crippen LogP contribution >= 0.6 is 0 Å². The Bertz CT molecular complexity index is 445. The smallest absolute Gasteiger partial charge is 0.260 e. The maximum Gasteiger partial charge on any atom is 0.260 e. The molecule has 1 aromatic rings. The van der Waals surface area contributed by atoms with E-state index in [1.165, 1.54) is 12.1 Å². The van der Waals surface area contributed by atoms with Crippen LogP contribution in [0.5, 0.6) is 5.75 Å². The third-order valence-electron chi connectivity index (χ3n) is 3.39. The van der Waals surface area contributed by atoms with Crippen LogP contribution in [0.15, 0.2) is 24.3 Å². The van der Waals surface area contributed by atoms with Gasteiger partial charge in [-0.05, 0) is 38.8 Å². The zero-order valence-corrected chi connectivity index (χ0v) is 10.8. The first-order valence-corrected chi connectivity index (χ1v) is 6.18. The van der Waals surface area contributed by atoms with E-state index in [0.717, 1.165) is 19.4 Å². The van der Waals surface area contributed by atoms with Gasteiger partial charge in [-0.25, -0.2) is 4.39 Å². The van der Waals surface area contributed by atoms with Crippen LogP contribution in [0.2, 0.25) is 0 Å². The number of para-hydroxylation sites is 1. The SMILES string of the molecule is CC1(C)CCCN1C(=O)COc1ccccc1F. The van der Waals surface area contributed by atoms with Crippen LogP contribution in [-0.2, 0) is 4.79 Å². The Labute approximate surface area is 107 Å². The molecule has 1 aliphatic rings. The Morgan fingerprint density at radius 3 is 2.78 bits per heavy atom. The lowest BCUT2D eigenvalue weighted by molar-refractivity contribution is -0.136. The van der Waals surface area contributed by atoms with Gasteiger partial charge in [0.25, 0.3) is 5.91 Å². The third-order valence-corrected chi connectivity index (χ3v) is 3.39. The van der Waals surface area contributed by atoms with Crippen molar-refractivity contribution < 1.29 is 13.9 Å². The molecule has 0 saturated carbocycles. The predicted octanol–water partition coefficient (Wildman–Crippen LogP) is 2.61. The van der Waals surface area contributed by atoms with Crippen LogP contribution in [0.25, 0.3) is 0 Å². The molecule has 0 N–H and O–H groups in total. The number of hydrogen-bond donors (Lipinski definition) is 0. The quantitative estimate of drug-likeness (QED) is 0.826. The van der Waals surface area contributed by atoms with Crippen molar-refractivity contribution in [1.82, 2.24) is 4.90 Å². The first-order chi connectivity index (χ1) is 8.50. The lowest BCUT2D eigenvalue weighted by Gasteiger charge is -2.31. The van der Waals surface area contributed by atoms with Crippen molar-refractivity contribution in [3.05, 3.63) is 30.1 Å². The molecule has 1 heterocycles. The first-order valence-electron chi connectivity index (χ1n) is 6.18. The van der Waals surface area contributed by atoms with Gasteiger partial charge in [-0.3, -0.25) is 4.79 Å². The van der Waals surface area contributed by atoms with Crippen LogP contribution < -0.4 is 4.74 Å². The Morgan fingerprint density at radius 2 is 2.17 bits per heavy atom. The number of halogens is 1. The number of amides is 1. The molecule has 1 aliphatic heterocycles. The van der Waals surface area contributed by atoms with Gasteiger partial charge in [0.05, 0.1) is 0 Å². The van der Waals surface area contributed by atoms with Crippen molar-refractivity contribution in [3.63, 3.8) is 0 Å². The molecule has 0 atom stereocenters. The fraction of sp³-hybridized carbons (Fsp3) is 0.500. The van der Waals surface area contributed by atoms with Crippen LogP contribution in [0.4, 0.5) is 4.39 Å². The summed E-state index contributed by atoms with van der Waals surface area (Å²) in [6.45, 7) is 4.73. The largest absolute Gasteiger partial charge is 0.481 e. The summed E-state index contributed by atoms with van der Waals surface area (Å²) in [5, 5.41) is 0. The fourth-order valence-corrected chi connectivity index (χ4v) is 2.35. The maximum atomic E-state index is 13.3. The standard InChI is InChI=1S/C14H18FNO2/c1-14(2)8-5-9-16(14)13(17)10-18-12-7-4-3-6-11(12)15/h3-4,6-7H,5,8-10H2,1-2H3. The molecule has 1 amide bonds. The Balaban J connectivity index is 1.95. The van der Waals surface area contributed by atoms with E-state index in [2.05, 4.69) is 0 Å². The molecule has 3 nitrogen and oxygen atoms in total. The summed E-state index contributed by atoms with van der Waals surface area (Å²) in [6.07, 6.45) is 2.01. The van der Waals surface area contributed by atoms with E-state index < -0.39 is 5.82 Å². The second-order valence-electron chi connectivity index (χ2n) is 5.18. The molecule has 98 valence electrons. The van der Waals surface area contributed by atoms with E-state index in [1.807, 2.05) is 18.7 Å². The van der Waals surface area contributed by atoms with Gasteiger partial charge in [0.2, 0.25) is 0 Å². The molecule has 0 unspecified atom stereocenters. The minimum Gasteiger partial charge on any atom is -0.481 e. The predicted molar refractivity (Wildman–Crippen MR) is 66.9 cm³/mol. The molecule has 0 bridgehead atoms. The minimum absolute atomic E-state index is 0.0826. The highest BCUT2D eigenvalue weighted by Crippen LogP contribution is 2.28. The highest BCUT2D eigenvalue weighted by molar-refractivity contribution is 5.78. The van der Waals surface area contributed by atoms with Gasteiger partial charge in [-0.15, -0.1) is 0 Å². The monoisotopic (exact) mass is 251 g/mol. The van der Waals surface area contributed by atoms with Crippen LogP contribution in [-0.4, -0.2) is 29.5 Å². The molecule has 1 aromatic carbocycles. The van der Waals surface area contributed by atoms with E-state index in [-0.39, 0.29) is 23.8 Å². The molecule has 0 aliphatic carbocycles. The summed E-state index contributed by atoms with van der Waals surface area (Å²) < 4.78 is 18.6. The van der Waals surface area contributed by atoms with Gasteiger partial charge in [0.1, 0.15) is 0 Å². The van der Waals surface area contributed by atoms with Gasteiger partial charge in [0, 0.05) is 12.1 Å². The molecule has 1 fully saturated rings. The summed E-state index contributed by atoms with van der Waals surface area (Å²) in [6, 6.07) is 6.12. The molecular formula is C14H18FNO2. The van der Waals surface area contributed by atoms with E-state index in [9.17, 15) is 9.18 Å². The number of ether oxygens (including phenoxy) is 1. The normalized spacial score (nSPS) is 17.8. The molecule has 2 rings (SSSR count). The van der Waals surface area contributed by atoms with E-state index >= 15 is 0 Å². The average Bonchev–Trinajstić information content (AvgIpc) is 2.67. The lowest BCUT2D eigenvalue weighted by Crippen LogP contribution is -2.44. The highest BCUT2D eigenvalue weighted by atomic mass is 19.1. The molecule has 18 heavy (non-hydrogen) atoms.